The van der Waals surface area contributed by atoms with Crippen LogP contribution in [-0.2, 0) is 16.0 Å². The highest BCUT2D eigenvalue weighted by molar-refractivity contribution is 5.99. The molecular formula is C27H27N3O4. The van der Waals surface area contributed by atoms with Gasteiger partial charge in [-0.2, -0.15) is 0 Å². The number of carbonyl (C=O) groups excluding carboxylic acids is 3. The van der Waals surface area contributed by atoms with E-state index in [-0.39, 0.29) is 18.2 Å². The van der Waals surface area contributed by atoms with E-state index in [0.717, 1.165) is 11.3 Å². The van der Waals surface area contributed by atoms with Crippen molar-refractivity contribution in [3.05, 3.63) is 95.6 Å². The maximum Gasteiger partial charge on any atom is 0.337 e. The molecule has 1 aliphatic rings. The second-order valence-corrected chi connectivity index (χ2v) is 8.08. The number of carbonyl (C=O) groups is 3. The third-order valence-electron chi connectivity index (χ3n) is 5.83. The van der Waals surface area contributed by atoms with Gasteiger partial charge >= 0.3 is 5.97 Å². The van der Waals surface area contributed by atoms with Gasteiger partial charge in [0.05, 0.1) is 30.5 Å². The second-order valence-electron chi connectivity index (χ2n) is 8.08. The minimum Gasteiger partial charge on any atom is -0.465 e. The third-order valence-corrected chi connectivity index (χ3v) is 5.83. The lowest BCUT2D eigenvalue weighted by atomic mass is 10.1. The van der Waals surface area contributed by atoms with Crippen LogP contribution < -0.4 is 10.2 Å². The van der Waals surface area contributed by atoms with E-state index >= 15 is 0 Å². The highest BCUT2D eigenvalue weighted by Crippen LogP contribution is 2.29. The Hall–Kier alpha value is -4.13. The van der Waals surface area contributed by atoms with Gasteiger partial charge in [-0.25, -0.2) is 4.79 Å². The summed E-state index contributed by atoms with van der Waals surface area (Å²) >= 11 is 0. The van der Waals surface area contributed by atoms with E-state index in [1.807, 2.05) is 71.6 Å². The van der Waals surface area contributed by atoms with Crippen LogP contribution in [-0.4, -0.2) is 56.0 Å². The number of rotatable bonds is 6. The minimum atomic E-state index is -0.469. The van der Waals surface area contributed by atoms with Crippen molar-refractivity contribution in [2.45, 2.75) is 6.42 Å². The van der Waals surface area contributed by atoms with Crippen molar-refractivity contribution in [3.8, 4) is 0 Å². The van der Waals surface area contributed by atoms with E-state index < -0.39 is 5.97 Å². The zero-order valence-corrected chi connectivity index (χ0v) is 19.1. The van der Waals surface area contributed by atoms with Crippen LogP contribution >= 0.6 is 0 Å². The minimum absolute atomic E-state index is 0.0117. The normalized spacial score (nSPS) is 13.3. The number of ether oxygens (including phenoxy) is 1. The molecule has 0 bridgehead atoms. The predicted molar refractivity (Wildman–Crippen MR) is 131 cm³/mol. The molecule has 0 radical (unpaired) electrons. The molecule has 4 rings (SSSR count). The lowest BCUT2D eigenvalue weighted by Crippen LogP contribution is -2.49. The van der Waals surface area contributed by atoms with Crippen molar-refractivity contribution in [1.82, 2.24) is 4.90 Å². The highest BCUT2D eigenvalue weighted by atomic mass is 16.5. The Morgan fingerprint density at radius 1 is 0.824 bits per heavy atom. The first-order valence-electron chi connectivity index (χ1n) is 11.2. The molecule has 1 N–H and O–H groups in total. The van der Waals surface area contributed by atoms with E-state index in [1.165, 1.54) is 7.11 Å². The average Bonchev–Trinajstić information content (AvgIpc) is 2.89. The molecule has 0 spiro atoms. The Labute approximate surface area is 198 Å². The van der Waals surface area contributed by atoms with Gasteiger partial charge in [0.15, 0.2) is 0 Å². The fraction of sp³-hybridized carbons (Fsp3) is 0.222. The number of hydrogen-bond acceptors (Lipinski definition) is 5. The molecule has 0 saturated carbocycles. The molecule has 7 heteroatoms. The smallest absolute Gasteiger partial charge is 0.337 e. The summed E-state index contributed by atoms with van der Waals surface area (Å²) in [5, 5.41) is 2.97. The summed E-state index contributed by atoms with van der Waals surface area (Å²) in [7, 11) is 1.33. The summed E-state index contributed by atoms with van der Waals surface area (Å²) in [6, 6.07) is 23.9. The summed E-state index contributed by atoms with van der Waals surface area (Å²) in [6.45, 7) is 2.34. The SMILES string of the molecule is COC(=O)c1ccc(N2CCN(C(=O)c3ccccc3)CC2)c(NC(=O)Cc2ccccc2)c1. The van der Waals surface area contributed by atoms with Crippen molar-refractivity contribution in [1.29, 1.82) is 0 Å². The molecule has 1 aliphatic heterocycles. The molecule has 0 atom stereocenters. The Kier molecular flexibility index (Phi) is 7.22. The average molecular weight is 458 g/mol. The molecule has 1 fully saturated rings. The monoisotopic (exact) mass is 457 g/mol. The van der Waals surface area contributed by atoms with E-state index in [1.54, 1.807) is 12.1 Å². The first-order chi connectivity index (χ1) is 16.5. The van der Waals surface area contributed by atoms with Gasteiger partial charge in [0.1, 0.15) is 0 Å². The Morgan fingerprint density at radius 3 is 2.12 bits per heavy atom. The molecule has 3 aromatic carbocycles. The highest BCUT2D eigenvalue weighted by Gasteiger charge is 2.24. The Bertz CT molecular complexity index is 1160. The lowest BCUT2D eigenvalue weighted by Gasteiger charge is -2.37. The number of nitrogens with one attached hydrogen (secondary N) is 1. The molecule has 34 heavy (non-hydrogen) atoms. The molecule has 0 unspecified atom stereocenters. The van der Waals surface area contributed by atoms with Crippen molar-refractivity contribution >= 4 is 29.2 Å². The topological polar surface area (TPSA) is 79.0 Å². The van der Waals surface area contributed by atoms with Crippen molar-refractivity contribution in [2.24, 2.45) is 0 Å². The van der Waals surface area contributed by atoms with Crippen molar-refractivity contribution in [3.63, 3.8) is 0 Å². The van der Waals surface area contributed by atoms with Crippen LogP contribution in [0, 0.1) is 0 Å². The number of methoxy groups -OCH3 is 1. The van der Waals surface area contributed by atoms with E-state index in [9.17, 15) is 14.4 Å². The molecule has 2 amide bonds. The fourth-order valence-electron chi connectivity index (χ4n) is 4.05. The quantitative estimate of drug-likeness (QED) is 0.572. The number of nitrogens with zero attached hydrogens (tertiary/aromatic N) is 2. The molecule has 0 aromatic heterocycles. The van der Waals surface area contributed by atoms with Gasteiger partial charge in [0.2, 0.25) is 5.91 Å². The molecule has 1 saturated heterocycles. The Morgan fingerprint density at radius 2 is 1.47 bits per heavy atom. The summed E-state index contributed by atoms with van der Waals surface area (Å²) in [5.41, 5.74) is 3.29. The predicted octanol–water partition coefficient (Wildman–Crippen LogP) is 3.62. The van der Waals surface area contributed by atoms with Gasteiger partial charge in [-0.3, -0.25) is 9.59 Å². The van der Waals surface area contributed by atoms with Gasteiger partial charge in [-0.15, -0.1) is 0 Å². The van der Waals surface area contributed by atoms with E-state index in [2.05, 4.69) is 10.2 Å². The van der Waals surface area contributed by atoms with Gasteiger partial charge in [0.25, 0.3) is 5.91 Å². The number of esters is 1. The zero-order chi connectivity index (χ0) is 23.9. The van der Waals surface area contributed by atoms with Crippen LogP contribution in [0.3, 0.4) is 0 Å². The van der Waals surface area contributed by atoms with Crippen LogP contribution in [0.5, 0.6) is 0 Å². The summed E-state index contributed by atoms with van der Waals surface area (Å²) in [6.07, 6.45) is 0.224. The molecule has 0 aliphatic carbocycles. The summed E-state index contributed by atoms with van der Waals surface area (Å²) in [5.74, 6) is -0.631. The van der Waals surface area contributed by atoms with Gasteiger partial charge in [-0.05, 0) is 35.9 Å². The molecule has 7 nitrogen and oxygen atoms in total. The number of hydrogen-bond donors (Lipinski definition) is 1. The second kappa shape index (κ2) is 10.7. The van der Waals surface area contributed by atoms with E-state index in [0.29, 0.717) is 43.0 Å². The lowest BCUT2D eigenvalue weighted by molar-refractivity contribution is -0.115. The van der Waals surface area contributed by atoms with Gasteiger partial charge < -0.3 is 19.9 Å². The first-order valence-corrected chi connectivity index (χ1v) is 11.2. The number of anilines is 2. The fourth-order valence-corrected chi connectivity index (χ4v) is 4.05. The Balaban J connectivity index is 1.50. The number of amides is 2. The standard InChI is InChI=1S/C27H27N3O4/c1-34-27(33)22-12-13-24(23(19-22)28-25(31)18-20-8-4-2-5-9-20)29-14-16-30(17-15-29)26(32)21-10-6-3-7-11-21/h2-13,19H,14-18H2,1H3,(H,28,31). The largest absolute Gasteiger partial charge is 0.465 e. The van der Waals surface area contributed by atoms with Crippen molar-refractivity contribution in [2.75, 3.05) is 43.5 Å². The maximum absolute atomic E-state index is 12.8. The zero-order valence-electron chi connectivity index (χ0n) is 19.1. The maximum atomic E-state index is 12.8. The molecule has 3 aromatic rings. The summed E-state index contributed by atoms with van der Waals surface area (Å²) < 4.78 is 4.85. The van der Waals surface area contributed by atoms with Crippen LogP contribution in [0.15, 0.2) is 78.9 Å². The van der Waals surface area contributed by atoms with E-state index in [4.69, 9.17) is 4.74 Å². The molecule has 1 heterocycles. The molecular weight excluding hydrogens is 430 g/mol. The van der Waals surface area contributed by atoms with Crippen LogP contribution in [0.4, 0.5) is 11.4 Å². The summed E-state index contributed by atoms with van der Waals surface area (Å²) in [4.78, 5) is 41.6. The van der Waals surface area contributed by atoms with Crippen LogP contribution in [0.2, 0.25) is 0 Å². The van der Waals surface area contributed by atoms with Crippen molar-refractivity contribution < 1.29 is 19.1 Å². The van der Waals surface area contributed by atoms with Gasteiger partial charge in [0, 0.05) is 31.7 Å². The third kappa shape index (κ3) is 5.43. The molecule has 174 valence electrons. The van der Waals surface area contributed by atoms with Crippen LogP contribution in [0.25, 0.3) is 0 Å². The number of benzene rings is 3. The number of piperazine rings is 1. The van der Waals surface area contributed by atoms with Crippen LogP contribution in [0.1, 0.15) is 26.3 Å². The first kappa shape index (κ1) is 23.0. The van der Waals surface area contributed by atoms with Gasteiger partial charge in [-0.1, -0.05) is 48.5 Å².